The summed E-state index contributed by atoms with van der Waals surface area (Å²) in [5.41, 5.74) is 2.41. The number of rotatable bonds is 4. The zero-order valence-corrected chi connectivity index (χ0v) is 12.9. The van der Waals surface area contributed by atoms with Gasteiger partial charge in [-0.25, -0.2) is 0 Å². The molecular weight excluding hydrogens is 314 g/mol. The largest absolute Gasteiger partial charge is 0.370 e. The van der Waals surface area contributed by atoms with E-state index in [9.17, 15) is 0 Å². The van der Waals surface area contributed by atoms with Crippen LogP contribution in [0.3, 0.4) is 0 Å². The first-order valence-electron chi connectivity index (χ1n) is 6.95. The Labute approximate surface area is 128 Å². The van der Waals surface area contributed by atoms with E-state index in [2.05, 4.69) is 61.5 Å². The molecule has 1 aromatic carbocycles. The van der Waals surface area contributed by atoms with E-state index in [0.29, 0.717) is 6.04 Å². The molecule has 0 amide bonds. The maximum absolute atomic E-state index is 4.35. The van der Waals surface area contributed by atoms with Gasteiger partial charge in [-0.15, -0.1) is 0 Å². The molecule has 0 saturated carbocycles. The van der Waals surface area contributed by atoms with Crippen molar-refractivity contribution in [1.82, 2.24) is 10.3 Å². The smallest absolute Gasteiger partial charge is 0.0541 e. The lowest BCUT2D eigenvalue weighted by molar-refractivity contribution is 0.546. The summed E-state index contributed by atoms with van der Waals surface area (Å²) in [7, 11) is 0. The molecule has 4 heteroatoms. The molecule has 3 nitrogen and oxygen atoms in total. The number of halogens is 1. The van der Waals surface area contributed by atoms with Crippen molar-refractivity contribution in [3.05, 3.63) is 58.8 Å². The van der Waals surface area contributed by atoms with Gasteiger partial charge in [-0.3, -0.25) is 4.98 Å². The summed E-state index contributed by atoms with van der Waals surface area (Å²) in [6.45, 7) is 3.02. The highest BCUT2D eigenvalue weighted by molar-refractivity contribution is 9.10. The molecular formula is C16H18BrN3. The van der Waals surface area contributed by atoms with Crippen LogP contribution < -0.4 is 10.2 Å². The maximum atomic E-state index is 4.35. The number of benzene rings is 1. The van der Waals surface area contributed by atoms with Crippen LogP contribution in [0, 0.1) is 0 Å². The molecule has 2 aromatic rings. The summed E-state index contributed by atoms with van der Waals surface area (Å²) in [5, 5.41) is 3.60. The number of anilines is 1. The molecule has 104 valence electrons. The van der Waals surface area contributed by atoms with Gasteiger partial charge in [0.1, 0.15) is 0 Å². The van der Waals surface area contributed by atoms with Crippen LogP contribution in [0.5, 0.6) is 0 Å². The molecule has 1 aromatic heterocycles. The summed E-state index contributed by atoms with van der Waals surface area (Å²) < 4.78 is 1.13. The van der Waals surface area contributed by atoms with Crippen LogP contribution in [0.1, 0.15) is 12.1 Å². The second-order valence-electron chi connectivity index (χ2n) is 5.11. The van der Waals surface area contributed by atoms with Crippen molar-refractivity contribution in [2.45, 2.75) is 19.0 Å². The predicted molar refractivity (Wildman–Crippen MR) is 85.8 cm³/mol. The number of aromatic nitrogens is 1. The summed E-state index contributed by atoms with van der Waals surface area (Å²) in [6.07, 6.45) is 3.03. The normalized spacial score (nSPS) is 18.4. The van der Waals surface area contributed by atoms with Crippen LogP contribution in [-0.2, 0) is 6.54 Å². The Morgan fingerprint density at radius 2 is 2.05 bits per heavy atom. The Hall–Kier alpha value is -1.39. The number of nitrogens with zero attached hydrogens (tertiary/aromatic N) is 2. The van der Waals surface area contributed by atoms with E-state index in [1.54, 1.807) is 0 Å². The molecule has 1 atom stereocenters. The zero-order valence-electron chi connectivity index (χ0n) is 11.3. The second kappa shape index (κ2) is 6.37. The van der Waals surface area contributed by atoms with Crippen molar-refractivity contribution in [1.29, 1.82) is 0 Å². The third-order valence-corrected chi connectivity index (χ3v) is 4.21. The second-order valence-corrected chi connectivity index (χ2v) is 6.03. The Morgan fingerprint density at radius 1 is 1.20 bits per heavy atom. The first-order valence-corrected chi connectivity index (χ1v) is 7.74. The molecule has 1 aliphatic heterocycles. The molecule has 1 N–H and O–H groups in total. The van der Waals surface area contributed by atoms with Crippen LogP contribution in [0.4, 0.5) is 5.69 Å². The van der Waals surface area contributed by atoms with Crippen LogP contribution in [-0.4, -0.2) is 24.1 Å². The van der Waals surface area contributed by atoms with Crippen LogP contribution in [0.2, 0.25) is 0 Å². The van der Waals surface area contributed by atoms with Gasteiger partial charge >= 0.3 is 0 Å². The average Bonchev–Trinajstić information content (AvgIpc) is 2.96. The molecule has 3 rings (SSSR count). The van der Waals surface area contributed by atoms with E-state index in [-0.39, 0.29) is 0 Å². The van der Waals surface area contributed by atoms with E-state index < -0.39 is 0 Å². The van der Waals surface area contributed by atoms with Crippen molar-refractivity contribution in [3.63, 3.8) is 0 Å². The quantitative estimate of drug-likeness (QED) is 0.932. The maximum Gasteiger partial charge on any atom is 0.0541 e. The first kappa shape index (κ1) is 13.6. The topological polar surface area (TPSA) is 28.2 Å². The van der Waals surface area contributed by atoms with Crippen LogP contribution >= 0.6 is 15.9 Å². The molecule has 0 bridgehead atoms. The molecule has 1 fully saturated rings. The molecule has 20 heavy (non-hydrogen) atoms. The Morgan fingerprint density at radius 3 is 2.80 bits per heavy atom. The van der Waals surface area contributed by atoms with Crippen molar-refractivity contribution in [3.8, 4) is 0 Å². The summed E-state index contributed by atoms with van der Waals surface area (Å²) in [5.74, 6) is 0. The van der Waals surface area contributed by atoms with Gasteiger partial charge in [0.25, 0.3) is 0 Å². The standard InChI is InChI=1S/C16H18BrN3/c17-13-4-6-16(7-5-13)20-10-8-15(12-20)19-11-14-3-1-2-9-18-14/h1-7,9,15,19H,8,10-12H2/t15-/m1/s1. The van der Waals surface area contributed by atoms with Gasteiger partial charge in [0.05, 0.1) is 5.69 Å². The lowest BCUT2D eigenvalue weighted by Crippen LogP contribution is -2.32. The van der Waals surface area contributed by atoms with E-state index in [1.807, 2.05) is 18.3 Å². The van der Waals surface area contributed by atoms with E-state index in [4.69, 9.17) is 0 Å². The number of hydrogen-bond acceptors (Lipinski definition) is 3. The number of pyridine rings is 1. The SMILES string of the molecule is Brc1ccc(N2CC[C@@H](NCc3ccccn3)C2)cc1. The Bertz CT molecular complexity index is 541. The molecule has 0 unspecified atom stereocenters. The monoisotopic (exact) mass is 331 g/mol. The molecule has 0 radical (unpaired) electrons. The van der Waals surface area contributed by atoms with Crippen molar-refractivity contribution in [2.75, 3.05) is 18.0 Å². The van der Waals surface area contributed by atoms with Gasteiger partial charge in [0.2, 0.25) is 0 Å². The van der Waals surface area contributed by atoms with Crippen molar-refractivity contribution in [2.24, 2.45) is 0 Å². The van der Waals surface area contributed by atoms with E-state index in [1.165, 1.54) is 12.1 Å². The highest BCUT2D eigenvalue weighted by Crippen LogP contribution is 2.22. The van der Waals surface area contributed by atoms with Gasteiger partial charge in [0.15, 0.2) is 0 Å². The van der Waals surface area contributed by atoms with Gasteiger partial charge in [-0.2, -0.15) is 0 Å². The van der Waals surface area contributed by atoms with Crippen molar-refractivity contribution >= 4 is 21.6 Å². The highest BCUT2D eigenvalue weighted by Gasteiger charge is 2.22. The van der Waals surface area contributed by atoms with Gasteiger partial charge in [0, 0.05) is 42.0 Å². The number of hydrogen-bond donors (Lipinski definition) is 1. The highest BCUT2D eigenvalue weighted by atomic mass is 79.9. The van der Waals surface area contributed by atoms with Crippen molar-refractivity contribution < 1.29 is 0 Å². The molecule has 2 heterocycles. The predicted octanol–water partition coefficient (Wildman–Crippen LogP) is 3.21. The molecule has 0 spiro atoms. The summed E-state index contributed by atoms with van der Waals surface area (Å²) >= 11 is 3.48. The minimum absolute atomic E-state index is 0.542. The molecule has 1 aliphatic rings. The fraction of sp³-hybridized carbons (Fsp3) is 0.312. The summed E-state index contributed by atoms with van der Waals surface area (Å²) in [4.78, 5) is 6.78. The fourth-order valence-corrected chi connectivity index (χ4v) is 2.83. The number of nitrogens with one attached hydrogen (secondary N) is 1. The van der Waals surface area contributed by atoms with E-state index >= 15 is 0 Å². The summed E-state index contributed by atoms with van der Waals surface area (Å²) in [6, 6.07) is 15.1. The molecule has 0 aliphatic carbocycles. The third kappa shape index (κ3) is 3.38. The first-order chi connectivity index (χ1) is 9.81. The third-order valence-electron chi connectivity index (χ3n) is 3.68. The molecule has 1 saturated heterocycles. The van der Waals surface area contributed by atoms with E-state index in [0.717, 1.165) is 29.8 Å². The van der Waals surface area contributed by atoms with Gasteiger partial charge in [-0.05, 0) is 42.8 Å². The van der Waals surface area contributed by atoms with Gasteiger partial charge < -0.3 is 10.2 Å². The lowest BCUT2D eigenvalue weighted by atomic mass is 10.2. The Balaban J connectivity index is 1.53. The lowest BCUT2D eigenvalue weighted by Gasteiger charge is -2.19. The zero-order chi connectivity index (χ0) is 13.8. The Kier molecular flexibility index (Phi) is 4.33. The minimum atomic E-state index is 0.542. The minimum Gasteiger partial charge on any atom is -0.370 e. The van der Waals surface area contributed by atoms with Gasteiger partial charge in [-0.1, -0.05) is 22.0 Å². The average molecular weight is 332 g/mol. The van der Waals surface area contributed by atoms with Crippen LogP contribution in [0.25, 0.3) is 0 Å². The fourth-order valence-electron chi connectivity index (χ4n) is 2.56. The van der Waals surface area contributed by atoms with Crippen LogP contribution in [0.15, 0.2) is 53.1 Å².